The van der Waals surface area contributed by atoms with Gasteiger partial charge < -0.3 is 9.47 Å². The Morgan fingerprint density at radius 3 is 2.09 bits per heavy atom. The molecule has 0 rings (SSSR count). The third kappa shape index (κ3) is 7.62. The smallest absolute Gasteiger partial charge is 0.321 e. The van der Waals surface area contributed by atoms with Gasteiger partial charge in [0.2, 0.25) is 6.54 Å². The van der Waals surface area contributed by atoms with Crippen LogP contribution in [0.1, 0.15) is 40.0 Å². The van der Waals surface area contributed by atoms with Crippen LogP contribution in [0.5, 0.6) is 0 Å². The van der Waals surface area contributed by atoms with Crippen LogP contribution in [0, 0.1) is 33.8 Å². The van der Waals surface area contributed by atoms with Gasteiger partial charge in [-0.3, -0.25) is 19.7 Å². The highest BCUT2D eigenvalue weighted by atomic mass is 16.6. The Hall–Kier alpha value is -2.10. The summed E-state index contributed by atoms with van der Waals surface area (Å²) in [6.45, 7) is 4.72. The minimum Gasteiger partial charge on any atom is -0.465 e. The largest absolute Gasteiger partial charge is 0.465 e. The average molecular weight is 313 g/mol. The lowest BCUT2D eigenvalue weighted by Gasteiger charge is -2.17. The van der Waals surface area contributed by atoms with Gasteiger partial charge in [-0.1, -0.05) is 19.3 Å². The highest BCUT2D eigenvalue weighted by Gasteiger charge is 2.39. The van der Waals surface area contributed by atoms with Gasteiger partial charge in [-0.2, -0.15) is 0 Å². The maximum Gasteiger partial charge on any atom is 0.321 e. The molecule has 1 unspecified atom stereocenters. The average Bonchev–Trinajstić information content (AvgIpc) is 2.43. The molecule has 0 aromatic rings. The Morgan fingerprint density at radius 2 is 1.68 bits per heavy atom. The van der Waals surface area contributed by atoms with Gasteiger partial charge in [0.25, 0.3) is 0 Å². The number of hydrogen-bond acceptors (Lipinski definition) is 6. The molecule has 7 heteroatoms. The highest BCUT2D eigenvalue weighted by molar-refractivity contribution is 5.95. The first-order chi connectivity index (χ1) is 10.5. The molecule has 0 saturated carbocycles. The number of ether oxygens (including phenoxy) is 2. The number of rotatable bonds is 9. The van der Waals surface area contributed by atoms with E-state index in [9.17, 15) is 19.7 Å². The van der Waals surface area contributed by atoms with E-state index in [1.165, 1.54) is 0 Å². The molecule has 0 aliphatic heterocycles. The minimum absolute atomic E-state index is 0.0726. The molecule has 0 aliphatic rings. The van der Waals surface area contributed by atoms with Crippen molar-refractivity contribution in [2.45, 2.75) is 40.0 Å². The number of nitro groups is 1. The standard InChI is InChI=1S/C15H23NO6/c1-4-7-8-9-10-12(11-16(19)20)13(14(17)21-5-2)15(18)22-6-3/h12-13H,4-8,11H2,1-3H3. The zero-order valence-corrected chi connectivity index (χ0v) is 13.3. The molecule has 0 aliphatic carbocycles. The van der Waals surface area contributed by atoms with Crippen LogP contribution in [0.3, 0.4) is 0 Å². The molecule has 22 heavy (non-hydrogen) atoms. The van der Waals surface area contributed by atoms with E-state index in [0.717, 1.165) is 12.8 Å². The van der Waals surface area contributed by atoms with Gasteiger partial charge >= 0.3 is 11.9 Å². The molecule has 7 nitrogen and oxygen atoms in total. The fraction of sp³-hybridized carbons (Fsp3) is 0.733. The molecule has 124 valence electrons. The topological polar surface area (TPSA) is 95.7 Å². The molecular formula is C15H23NO6. The van der Waals surface area contributed by atoms with Gasteiger partial charge in [0.1, 0.15) is 5.92 Å². The number of unbranched alkanes of at least 4 members (excludes halogenated alkanes) is 2. The number of hydrogen-bond donors (Lipinski definition) is 0. The molecule has 0 aromatic carbocycles. The molecule has 0 fully saturated rings. The fourth-order valence-electron chi connectivity index (χ4n) is 1.75. The molecule has 0 amide bonds. The molecular weight excluding hydrogens is 290 g/mol. The first-order valence-electron chi connectivity index (χ1n) is 7.41. The second kappa shape index (κ2) is 11.5. The van der Waals surface area contributed by atoms with Crippen molar-refractivity contribution in [1.82, 2.24) is 0 Å². The Labute approximate surface area is 130 Å². The Kier molecular flexibility index (Phi) is 10.4. The first kappa shape index (κ1) is 19.9. The first-order valence-corrected chi connectivity index (χ1v) is 7.41. The lowest BCUT2D eigenvalue weighted by Crippen LogP contribution is -2.37. The van der Waals surface area contributed by atoms with Crippen molar-refractivity contribution in [3.63, 3.8) is 0 Å². The van der Waals surface area contributed by atoms with Gasteiger partial charge in [-0.15, -0.1) is 5.92 Å². The van der Waals surface area contributed by atoms with Crippen molar-refractivity contribution in [2.75, 3.05) is 19.8 Å². The van der Waals surface area contributed by atoms with Crippen molar-refractivity contribution in [3.05, 3.63) is 10.1 Å². The Morgan fingerprint density at radius 1 is 1.14 bits per heavy atom. The molecule has 0 heterocycles. The summed E-state index contributed by atoms with van der Waals surface area (Å²) in [6.07, 6.45) is 2.35. The molecule has 0 bridgehead atoms. The molecule has 0 spiro atoms. The van der Waals surface area contributed by atoms with Crippen LogP contribution in [0.2, 0.25) is 0 Å². The molecule has 0 N–H and O–H groups in total. The van der Waals surface area contributed by atoms with Crippen molar-refractivity contribution >= 4 is 11.9 Å². The zero-order chi connectivity index (χ0) is 17.0. The van der Waals surface area contributed by atoms with E-state index in [2.05, 4.69) is 11.8 Å². The van der Waals surface area contributed by atoms with Gasteiger partial charge in [-0.25, -0.2) is 0 Å². The van der Waals surface area contributed by atoms with Crippen LogP contribution in [0.25, 0.3) is 0 Å². The van der Waals surface area contributed by atoms with Gasteiger partial charge in [0, 0.05) is 11.3 Å². The Bertz CT molecular complexity index is 419. The lowest BCUT2D eigenvalue weighted by molar-refractivity contribution is -0.486. The quantitative estimate of drug-likeness (QED) is 0.161. The number of nitrogens with zero attached hydrogens (tertiary/aromatic N) is 1. The van der Waals surface area contributed by atoms with E-state index >= 15 is 0 Å². The maximum atomic E-state index is 12.0. The van der Waals surface area contributed by atoms with E-state index in [4.69, 9.17) is 9.47 Å². The van der Waals surface area contributed by atoms with Crippen molar-refractivity contribution < 1.29 is 24.0 Å². The van der Waals surface area contributed by atoms with Gasteiger partial charge in [-0.05, 0) is 20.3 Å². The molecule has 1 atom stereocenters. The van der Waals surface area contributed by atoms with E-state index in [1.807, 2.05) is 6.92 Å². The highest BCUT2D eigenvalue weighted by Crippen LogP contribution is 2.17. The van der Waals surface area contributed by atoms with Crippen LogP contribution < -0.4 is 0 Å². The number of carbonyl (C=O) groups is 2. The SMILES string of the molecule is CCCCC#CC(C[N+](=O)[O-])C(C(=O)OCC)C(=O)OCC. The molecule has 0 radical (unpaired) electrons. The molecule has 0 aromatic heterocycles. The normalized spacial score (nSPS) is 11.3. The summed E-state index contributed by atoms with van der Waals surface area (Å²) in [5.74, 6) is 1.36. The molecule has 0 saturated heterocycles. The predicted octanol–water partition coefficient (Wildman–Crippen LogP) is 1.82. The van der Waals surface area contributed by atoms with Crippen LogP contribution >= 0.6 is 0 Å². The summed E-state index contributed by atoms with van der Waals surface area (Å²) in [4.78, 5) is 34.1. The monoisotopic (exact) mass is 313 g/mol. The Balaban J connectivity index is 5.30. The van der Waals surface area contributed by atoms with Crippen LogP contribution in [0.4, 0.5) is 0 Å². The summed E-state index contributed by atoms with van der Waals surface area (Å²) < 4.78 is 9.66. The summed E-state index contributed by atoms with van der Waals surface area (Å²) in [5.41, 5.74) is 0. The van der Waals surface area contributed by atoms with E-state index in [1.54, 1.807) is 13.8 Å². The van der Waals surface area contributed by atoms with Crippen molar-refractivity contribution in [2.24, 2.45) is 11.8 Å². The van der Waals surface area contributed by atoms with Gasteiger partial charge in [0.15, 0.2) is 5.92 Å². The van der Waals surface area contributed by atoms with Crippen LogP contribution in [-0.2, 0) is 19.1 Å². The van der Waals surface area contributed by atoms with E-state index < -0.39 is 35.2 Å². The van der Waals surface area contributed by atoms with Gasteiger partial charge in [0.05, 0.1) is 13.2 Å². The second-order valence-electron chi connectivity index (χ2n) is 4.53. The lowest BCUT2D eigenvalue weighted by atomic mass is 9.92. The van der Waals surface area contributed by atoms with E-state index in [-0.39, 0.29) is 13.2 Å². The maximum absolute atomic E-state index is 12.0. The zero-order valence-electron chi connectivity index (χ0n) is 13.3. The third-order valence-electron chi connectivity index (χ3n) is 2.77. The predicted molar refractivity (Wildman–Crippen MR) is 79.4 cm³/mol. The van der Waals surface area contributed by atoms with Crippen molar-refractivity contribution in [3.8, 4) is 11.8 Å². The number of carbonyl (C=O) groups excluding carboxylic acids is 2. The third-order valence-corrected chi connectivity index (χ3v) is 2.77. The summed E-state index contributed by atoms with van der Waals surface area (Å²) in [5, 5.41) is 10.8. The summed E-state index contributed by atoms with van der Waals surface area (Å²) in [7, 11) is 0. The van der Waals surface area contributed by atoms with Crippen LogP contribution in [0.15, 0.2) is 0 Å². The number of esters is 2. The summed E-state index contributed by atoms with van der Waals surface area (Å²) in [6, 6.07) is 0. The van der Waals surface area contributed by atoms with Crippen molar-refractivity contribution in [1.29, 1.82) is 0 Å². The minimum atomic E-state index is -1.39. The van der Waals surface area contributed by atoms with E-state index in [0.29, 0.717) is 6.42 Å². The summed E-state index contributed by atoms with van der Waals surface area (Å²) >= 11 is 0. The van der Waals surface area contributed by atoms with Crippen LogP contribution in [-0.4, -0.2) is 36.6 Å². The fourth-order valence-corrected chi connectivity index (χ4v) is 1.75. The second-order valence-corrected chi connectivity index (χ2v) is 4.53.